The average Bonchev–Trinajstić information content (AvgIpc) is 2.42. The summed E-state index contributed by atoms with van der Waals surface area (Å²) in [4.78, 5) is 22.4. The minimum absolute atomic E-state index is 0.0193. The first-order valence-corrected chi connectivity index (χ1v) is 7.82. The highest BCUT2D eigenvalue weighted by molar-refractivity contribution is 5.97. The zero-order valence-electron chi connectivity index (χ0n) is 14.6. The summed E-state index contributed by atoms with van der Waals surface area (Å²) in [5.74, 6) is -0.709. The summed E-state index contributed by atoms with van der Waals surface area (Å²) in [5.41, 5.74) is 3.71. The molecule has 0 saturated carbocycles. The number of carboxylic acid groups (broad SMARTS) is 1. The van der Waals surface area contributed by atoms with Crippen molar-refractivity contribution in [2.75, 3.05) is 0 Å². The summed E-state index contributed by atoms with van der Waals surface area (Å²) >= 11 is 0. The van der Waals surface area contributed by atoms with E-state index in [1.54, 1.807) is 13.0 Å². The van der Waals surface area contributed by atoms with Crippen molar-refractivity contribution in [2.45, 2.75) is 47.5 Å². The molecule has 1 aliphatic carbocycles. The number of Topliss-reactive ketones (excluding diaryl/α,β-unsaturated/α-hetero) is 1. The molecule has 124 valence electrons. The van der Waals surface area contributed by atoms with Crippen LogP contribution in [0.15, 0.2) is 58.7 Å². The molecule has 3 nitrogen and oxygen atoms in total. The van der Waals surface area contributed by atoms with Gasteiger partial charge in [0.15, 0.2) is 5.78 Å². The van der Waals surface area contributed by atoms with Crippen molar-refractivity contribution in [1.29, 1.82) is 0 Å². The standard InChI is InChI=1S/C20H26O3/c1-14(7-6-8-15(2)13-19(22)23)9-10-17-16(3)18(21)11-12-20(17,4)5/h6-10,13H,11-12H2,1-5H3,(H,22,23)/b8-6+,10-9-,14-7-,15-13-. The van der Waals surface area contributed by atoms with Crippen molar-refractivity contribution >= 4 is 11.8 Å². The van der Waals surface area contributed by atoms with Gasteiger partial charge in [0.2, 0.25) is 0 Å². The van der Waals surface area contributed by atoms with E-state index in [0.717, 1.165) is 23.1 Å². The quantitative estimate of drug-likeness (QED) is 0.587. The summed E-state index contributed by atoms with van der Waals surface area (Å²) in [7, 11) is 0. The van der Waals surface area contributed by atoms with E-state index < -0.39 is 5.97 Å². The maximum atomic E-state index is 11.9. The number of carboxylic acids is 1. The molecule has 0 fully saturated rings. The first-order valence-electron chi connectivity index (χ1n) is 7.82. The van der Waals surface area contributed by atoms with Gasteiger partial charge in [-0.2, -0.15) is 0 Å². The average molecular weight is 314 g/mol. The Morgan fingerprint density at radius 1 is 1.17 bits per heavy atom. The molecule has 0 aromatic carbocycles. The van der Waals surface area contributed by atoms with Crippen LogP contribution in [0.25, 0.3) is 0 Å². The van der Waals surface area contributed by atoms with Gasteiger partial charge >= 0.3 is 5.97 Å². The van der Waals surface area contributed by atoms with Gasteiger partial charge in [-0.1, -0.05) is 49.8 Å². The second kappa shape index (κ2) is 7.91. The normalized spacial score (nSPS) is 20.0. The third-order valence-corrected chi connectivity index (χ3v) is 4.11. The fraction of sp³-hybridized carbons (Fsp3) is 0.400. The Morgan fingerprint density at radius 3 is 2.43 bits per heavy atom. The molecule has 0 bridgehead atoms. The second-order valence-electron chi connectivity index (χ2n) is 6.68. The number of ketones is 1. The molecule has 23 heavy (non-hydrogen) atoms. The Morgan fingerprint density at radius 2 is 1.83 bits per heavy atom. The van der Waals surface area contributed by atoms with Gasteiger partial charge in [-0.05, 0) is 49.3 Å². The molecular weight excluding hydrogens is 288 g/mol. The number of hydrogen-bond acceptors (Lipinski definition) is 2. The van der Waals surface area contributed by atoms with Crippen molar-refractivity contribution in [3.05, 3.63) is 58.7 Å². The van der Waals surface area contributed by atoms with Crippen molar-refractivity contribution in [1.82, 2.24) is 0 Å². The van der Waals surface area contributed by atoms with Crippen molar-refractivity contribution in [3.63, 3.8) is 0 Å². The second-order valence-corrected chi connectivity index (χ2v) is 6.68. The molecular formula is C20H26O3. The van der Waals surface area contributed by atoms with Crippen LogP contribution in [0.3, 0.4) is 0 Å². The van der Waals surface area contributed by atoms with Crippen LogP contribution in [0.1, 0.15) is 47.5 Å². The molecule has 0 aromatic heterocycles. The van der Waals surface area contributed by atoms with Gasteiger partial charge in [-0.3, -0.25) is 4.79 Å². The number of aliphatic carboxylic acids is 1. The molecule has 0 amide bonds. The highest BCUT2D eigenvalue weighted by Crippen LogP contribution is 2.39. The summed E-state index contributed by atoms with van der Waals surface area (Å²) in [5, 5.41) is 8.65. The van der Waals surface area contributed by atoms with Crippen LogP contribution in [0, 0.1) is 5.41 Å². The van der Waals surface area contributed by atoms with Gasteiger partial charge in [-0.15, -0.1) is 0 Å². The molecule has 0 spiro atoms. The van der Waals surface area contributed by atoms with E-state index >= 15 is 0 Å². The highest BCUT2D eigenvalue weighted by atomic mass is 16.4. The van der Waals surface area contributed by atoms with Gasteiger partial charge in [0, 0.05) is 12.5 Å². The predicted molar refractivity (Wildman–Crippen MR) is 94.2 cm³/mol. The molecule has 3 heteroatoms. The monoisotopic (exact) mass is 314 g/mol. The van der Waals surface area contributed by atoms with Crippen molar-refractivity contribution in [2.24, 2.45) is 5.41 Å². The van der Waals surface area contributed by atoms with E-state index in [1.807, 2.05) is 38.2 Å². The maximum absolute atomic E-state index is 11.9. The van der Waals surface area contributed by atoms with E-state index in [1.165, 1.54) is 6.08 Å². The number of hydrogen-bond donors (Lipinski definition) is 1. The van der Waals surface area contributed by atoms with E-state index in [9.17, 15) is 9.59 Å². The fourth-order valence-electron chi connectivity index (χ4n) is 2.62. The molecule has 0 radical (unpaired) electrons. The number of allylic oxidation sites excluding steroid dienone is 9. The maximum Gasteiger partial charge on any atom is 0.328 e. The van der Waals surface area contributed by atoms with Gasteiger partial charge in [-0.25, -0.2) is 4.79 Å². The third-order valence-electron chi connectivity index (χ3n) is 4.11. The van der Waals surface area contributed by atoms with E-state index in [0.29, 0.717) is 12.0 Å². The van der Waals surface area contributed by atoms with Gasteiger partial charge < -0.3 is 5.11 Å². The largest absolute Gasteiger partial charge is 0.478 e. The topological polar surface area (TPSA) is 54.4 Å². The van der Waals surface area contributed by atoms with Crippen molar-refractivity contribution in [3.8, 4) is 0 Å². The number of carbonyl (C=O) groups is 2. The molecule has 1 rings (SSSR count). The summed E-state index contributed by atoms with van der Waals surface area (Å²) < 4.78 is 0. The molecule has 0 aliphatic heterocycles. The zero-order valence-corrected chi connectivity index (χ0v) is 14.6. The molecule has 0 atom stereocenters. The SMILES string of the molecule is CC1=C(\C=C/C(C)=C\C=C\C(C)=C/C(=O)O)C(C)(C)CCC1=O. The summed E-state index contributed by atoms with van der Waals surface area (Å²) in [6.45, 7) is 9.96. The number of rotatable bonds is 5. The molecule has 0 saturated heterocycles. The van der Waals surface area contributed by atoms with Crippen LogP contribution in [0.2, 0.25) is 0 Å². The Hall–Kier alpha value is -2.16. The van der Waals surface area contributed by atoms with E-state index in [4.69, 9.17) is 5.11 Å². The van der Waals surface area contributed by atoms with Gasteiger partial charge in [0.25, 0.3) is 0 Å². The third kappa shape index (κ3) is 5.85. The lowest BCUT2D eigenvalue weighted by molar-refractivity contribution is -0.131. The van der Waals surface area contributed by atoms with Gasteiger partial charge in [0.1, 0.15) is 0 Å². The minimum Gasteiger partial charge on any atom is -0.478 e. The molecule has 0 unspecified atom stereocenters. The van der Waals surface area contributed by atoms with Gasteiger partial charge in [0.05, 0.1) is 0 Å². The lowest BCUT2D eigenvalue weighted by atomic mass is 9.72. The molecule has 1 aliphatic rings. The Balaban J connectivity index is 2.89. The van der Waals surface area contributed by atoms with Crippen LogP contribution in [-0.4, -0.2) is 16.9 Å². The molecule has 0 heterocycles. The van der Waals surface area contributed by atoms with Crippen LogP contribution in [0.4, 0.5) is 0 Å². The number of carbonyl (C=O) groups excluding carboxylic acids is 1. The zero-order chi connectivity index (χ0) is 17.6. The summed E-state index contributed by atoms with van der Waals surface area (Å²) in [6.07, 6.45) is 12.2. The first kappa shape index (κ1) is 18.9. The van der Waals surface area contributed by atoms with Crippen LogP contribution in [-0.2, 0) is 9.59 Å². The van der Waals surface area contributed by atoms with E-state index in [-0.39, 0.29) is 11.2 Å². The van der Waals surface area contributed by atoms with Crippen molar-refractivity contribution < 1.29 is 14.7 Å². The lowest BCUT2D eigenvalue weighted by Crippen LogP contribution is -2.24. The Labute approximate surface area is 138 Å². The minimum atomic E-state index is -0.945. The predicted octanol–water partition coefficient (Wildman–Crippen LogP) is 4.78. The molecule has 1 N–H and O–H groups in total. The fourth-order valence-corrected chi connectivity index (χ4v) is 2.62. The Bertz CT molecular complexity index is 638. The van der Waals surface area contributed by atoms with E-state index in [2.05, 4.69) is 13.8 Å². The lowest BCUT2D eigenvalue weighted by Gasteiger charge is -2.32. The van der Waals surface area contributed by atoms with Crippen LogP contribution in [0.5, 0.6) is 0 Å². The summed E-state index contributed by atoms with van der Waals surface area (Å²) in [6, 6.07) is 0. The molecule has 0 aromatic rings. The smallest absolute Gasteiger partial charge is 0.328 e. The Kier molecular flexibility index (Phi) is 6.49. The first-order chi connectivity index (χ1) is 10.6. The highest BCUT2D eigenvalue weighted by Gasteiger charge is 2.30. The van der Waals surface area contributed by atoms with Crippen LogP contribution >= 0.6 is 0 Å². The van der Waals surface area contributed by atoms with Crippen LogP contribution < -0.4 is 0 Å².